The summed E-state index contributed by atoms with van der Waals surface area (Å²) in [4.78, 5) is 12.0. The highest BCUT2D eigenvalue weighted by atomic mass is 32.2. The molecule has 22 heavy (non-hydrogen) atoms. The lowest BCUT2D eigenvalue weighted by Crippen LogP contribution is -2.35. The van der Waals surface area contributed by atoms with Gasteiger partial charge < -0.3 is 9.84 Å². The number of aliphatic hydroxyl groups excluding tert-OH is 1. The summed E-state index contributed by atoms with van der Waals surface area (Å²) in [7, 11) is 1.57. The first-order valence-electron chi connectivity index (χ1n) is 6.83. The number of hydrogen-bond donors (Lipinski definition) is 1. The molecule has 1 aliphatic heterocycles. The fourth-order valence-corrected chi connectivity index (χ4v) is 4.11. The van der Waals surface area contributed by atoms with Crippen molar-refractivity contribution >= 4 is 11.8 Å². The van der Waals surface area contributed by atoms with Gasteiger partial charge in [0, 0.05) is 15.4 Å². The summed E-state index contributed by atoms with van der Waals surface area (Å²) in [6.07, 6.45) is -1.11. The Hall–Kier alpha value is -2.05. The molecule has 0 saturated heterocycles. The van der Waals surface area contributed by atoms with E-state index in [0.29, 0.717) is 11.3 Å². The number of fused-ring (bicyclic) bond motifs is 1. The van der Waals surface area contributed by atoms with E-state index >= 15 is 0 Å². The Balaban J connectivity index is 2.03. The number of thioether (sulfide) groups is 1. The molecule has 1 aliphatic rings. The van der Waals surface area contributed by atoms with Crippen LogP contribution in [-0.2, 0) is 0 Å². The number of benzene rings is 2. The highest BCUT2D eigenvalue weighted by Crippen LogP contribution is 2.49. The molecule has 0 aliphatic carbocycles. The Labute approximate surface area is 132 Å². The number of ether oxygens (including phenoxy) is 1. The van der Waals surface area contributed by atoms with Gasteiger partial charge in [0.15, 0.2) is 0 Å². The third-order valence-electron chi connectivity index (χ3n) is 3.81. The van der Waals surface area contributed by atoms with Gasteiger partial charge in [-0.15, -0.1) is 11.8 Å². The lowest BCUT2D eigenvalue weighted by atomic mass is 9.95. The molecule has 1 heterocycles. The second kappa shape index (κ2) is 5.98. The second-order valence-electron chi connectivity index (χ2n) is 5.07. The fraction of sp³-hybridized carbons (Fsp3) is 0.250. The number of aliphatic hydroxyl groups is 1. The lowest BCUT2D eigenvalue weighted by molar-refractivity contribution is -0.536. The van der Waals surface area contributed by atoms with Crippen LogP contribution in [0.5, 0.6) is 5.75 Å². The van der Waals surface area contributed by atoms with E-state index in [9.17, 15) is 15.2 Å². The summed E-state index contributed by atoms with van der Waals surface area (Å²) in [5, 5.41) is 21.5. The van der Waals surface area contributed by atoms with Crippen molar-refractivity contribution in [2.24, 2.45) is 0 Å². The predicted octanol–water partition coefficient (Wildman–Crippen LogP) is 3.22. The van der Waals surface area contributed by atoms with Crippen LogP contribution in [0.4, 0.5) is 0 Å². The van der Waals surface area contributed by atoms with E-state index in [1.54, 1.807) is 31.4 Å². The van der Waals surface area contributed by atoms with Crippen molar-refractivity contribution in [2.75, 3.05) is 7.11 Å². The lowest BCUT2D eigenvalue weighted by Gasteiger charge is -2.31. The van der Waals surface area contributed by atoms with Crippen LogP contribution in [0.25, 0.3) is 0 Å². The minimum Gasteiger partial charge on any atom is -0.497 e. The molecule has 6 heteroatoms. The molecule has 0 radical (unpaired) electrons. The number of nitrogens with zero attached hydrogens (tertiary/aromatic N) is 1. The van der Waals surface area contributed by atoms with E-state index in [-0.39, 0.29) is 4.92 Å². The van der Waals surface area contributed by atoms with Gasteiger partial charge in [0.05, 0.1) is 7.11 Å². The highest BCUT2D eigenvalue weighted by molar-refractivity contribution is 7.99. The summed E-state index contributed by atoms with van der Waals surface area (Å²) in [6, 6.07) is 13.4. The van der Waals surface area contributed by atoms with Crippen molar-refractivity contribution in [3.8, 4) is 5.75 Å². The molecule has 3 rings (SSSR count). The number of methoxy groups -OCH3 is 1. The quantitative estimate of drug-likeness (QED) is 0.695. The second-order valence-corrected chi connectivity index (χ2v) is 6.25. The van der Waals surface area contributed by atoms with Gasteiger partial charge in [0.1, 0.15) is 17.1 Å². The van der Waals surface area contributed by atoms with Gasteiger partial charge in [-0.2, -0.15) is 0 Å². The predicted molar refractivity (Wildman–Crippen MR) is 83.8 cm³/mol. The maximum Gasteiger partial charge on any atom is 0.258 e. The van der Waals surface area contributed by atoms with Crippen LogP contribution in [0.1, 0.15) is 22.5 Å². The molecular weight excluding hydrogens is 302 g/mol. The first kappa shape index (κ1) is 14.9. The van der Waals surface area contributed by atoms with Crippen LogP contribution in [0.2, 0.25) is 0 Å². The number of hydrogen-bond acceptors (Lipinski definition) is 5. The van der Waals surface area contributed by atoms with Gasteiger partial charge in [0.2, 0.25) is 0 Å². The van der Waals surface area contributed by atoms with Crippen molar-refractivity contribution < 1.29 is 14.8 Å². The standard InChI is InChI=1S/C16H15NO4S/c1-21-11-8-6-10(7-9-11)16-14(17(19)20)15(18)12-4-2-3-5-13(12)22-16/h2-9,14-16,18H,1H3/t14-,15-,16+/m1/s1. The zero-order valence-electron chi connectivity index (χ0n) is 11.9. The average molecular weight is 317 g/mol. The Kier molecular flexibility index (Phi) is 4.04. The summed E-state index contributed by atoms with van der Waals surface area (Å²) < 4.78 is 5.12. The zero-order valence-corrected chi connectivity index (χ0v) is 12.7. The Morgan fingerprint density at radius 1 is 1.18 bits per heavy atom. The number of rotatable bonds is 3. The normalized spacial score (nSPS) is 23.6. The summed E-state index contributed by atoms with van der Waals surface area (Å²) in [6.45, 7) is 0. The molecule has 3 atom stereocenters. The molecule has 0 bridgehead atoms. The van der Waals surface area contributed by atoms with E-state index < -0.39 is 17.4 Å². The molecule has 2 aromatic rings. The first-order valence-corrected chi connectivity index (χ1v) is 7.71. The van der Waals surface area contributed by atoms with Crippen LogP contribution in [0.15, 0.2) is 53.4 Å². The summed E-state index contributed by atoms with van der Waals surface area (Å²) in [5.41, 5.74) is 1.43. The largest absolute Gasteiger partial charge is 0.497 e. The van der Waals surface area contributed by atoms with Gasteiger partial charge in [-0.3, -0.25) is 10.1 Å². The molecule has 0 unspecified atom stereocenters. The Bertz CT molecular complexity index is 689. The van der Waals surface area contributed by atoms with Crippen molar-refractivity contribution in [3.63, 3.8) is 0 Å². The van der Waals surface area contributed by atoms with Crippen molar-refractivity contribution in [3.05, 3.63) is 69.8 Å². The van der Waals surface area contributed by atoms with Crippen LogP contribution in [-0.4, -0.2) is 23.2 Å². The molecule has 5 nitrogen and oxygen atoms in total. The molecule has 114 valence electrons. The molecule has 0 aromatic heterocycles. The van der Waals surface area contributed by atoms with Crippen LogP contribution in [0.3, 0.4) is 0 Å². The molecule has 0 spiro atoms. The average Bonchev–Trinajstić information content (AvgIpc) is 2.54. The molecule has 2 aromatic carbocycles. The molecule has 0 fully saturated rings. The fourth-order valence-electron chi connectivity index (χ4n) is 2.67. The molecule has 1 N–H and O–H groups in total. The highest BCUT2D eigenvalue weighted by Gasteiger charge is 2.45. The van der Waals surface area contributed by atoms with E-state index in [2.05, 4.69) is 0 Å². The van der Waals surface area contributed by atoms with Crippen LogP contribution in [0, 0.1) is 10.1 Å². The first-order chi connectivity index (χ1) is 10.6. The van der Waals surface area contributed by atoms with Crippen LogP contribution >= 0.6 is 11.8 Å². The molecule has 0 saturated carbocycles. The van der Waals surface area contributed by atoms with Crippen molar-refractivity contribution in [1.29, 1.82) is 0 Å². The van der Waals surface area contributed by atoms with Gasteiger partial charge in [0.25, 0.3) is 6.04 Å². The van der Waals surface area contributed by atoms with Crippen molar-refractivity contribution in [1.82, 2.24) is 0 Å². The topological polar surface area (TPSA) is 72.6 Å². The third-order valence-corrected chi connectivity index (χ3v) is 5.24. The Morgan fingerprint density at radius 2 is 1.86 bits per heavy atom. The monoisotopic (exact) mass is 317 g/mol. The van der Waals surface area contributed by atoms with Gasteiger partial charge in [-0.05, 0) is 23.8 Å². The summed E-state index contributed by atoms with van der Waals surface area (Å²) in [5.74, 6) is 0.697. The van der Waals surface area contributed by atoms with Gasteiger partial charge in [-0.1, -0.05) is 30.3 Å². The molecule has 0 amide bonds. The minimum atomic E-state index is -1.11. The zero-order chi connectivity index (χ0) is 15.7. The van der Waals surface area contributed by atoms with Crippen LogP contribution < -0.4 is 4.74 Å². The SMILES string of the molecule is COc1ccc([C@@H]2Sc3ccccc3[C@@H](O)[C@H]2[N+](=O)[O-])cc1. The third kappa shape index (κ3) is 2.55. The van der Waals surface area contributed by atoms with E-state index in [4.69, 9.17) is 4.74 Å². The van der Waals surface area contributed by atoms with E-state index in [1.165, 1.54) is 11.8 Å². The maximum atomic E-state index is 11.5. The van der Waals surface area contributed by atoms with Gasteiger partial charge in [-0.25, -0.2) is 0 Å². The summed E-state index contributed by atoms with van der Waals surface area (Å²) >= 11 is 1.42. The van der Waals surface area contributed by atoms with Gasteiger partial charge >= 0.3 is 0 Å². The van der Waals surface area contributed by atoms with E-state index in [0.717, 1.165) is 10.5 Å². The minimum absolute atomic E-state index is 0.386. The maximum absolute atomic E-state index is 11.5. The number of nitro groups is 1. The van der Waals surface area contributed by atoms with Crippen molar-refractivity contribution in [2.45, 2.75) is 22.3 Å². The molecular formula is C16H15NO4S. The Morgan fingerprint density at radius 3 is 2.50 bits per heavy atom. The van der Waals surface area contributed by atoms with E-state index in [1.807, 2.05) is 24.3 Å². The smallest absolute Gasteiger partial charge is 0.258 e.